The van der Waals surface area contributed by atoms with Crippen LogP contribution in [0.2, 0.25) is 0 Å². The minimum absolute atomic E-state index is 0. The molecule has 1 saturated carbocycles. The van der Waals surface area contributed by atoms with Crippen LogP contribution in [0.3, 0.4) is 0 Å². The highest BCUT2D eigenvalue weighted by Crippen LogP contribution is 2.17. The van der Waals surface area contributed by atoms with Crippen LogP contribution >= 0.6 is 12.4 Å². The van der Waals surface area contributed by atoms with Crippen LogP contribution in [0, 0.1) is 0 Å². The Bertz CT molecular complexity index is 251. The molecule has 1 saturated heterocycles. The van der Waals surface area contributed by atoms with Gasteiger partial charge in [0.1, 0.15) is 0 Å². The monoisotopic (exact) mass is 275 g/mol. The second-order valence-corrected chi connectivity index (χ2v) is 5.45. The van der Waals surface area contributed by atoms with Gasteiger partial charge in [-0.15, -0.1) is 12.4 Å². The Balaban J connectivity index is 0.00000162. The van der Waals surface area contributed by atoms with Gasteiger partial charge in [0.15, 0.2) is 0 Å². The predicted molar refractivity (Wildman–Crippen MR) is 76.2 cm³/mol. The summed E-state index contributed by atoms with van der Waals surface area (Å²) in [6.45, 7) is 2.72. The van der Waals surface area contributed by atoms with Gasteiger partial charge in [-0.1, -0.05) is 12.8 Å². The predicted octanol–water partition coefficient (Wildman–Crippen LogP) is 1.15. The molecule has 0 aromatic rings. The number of piperidine rings is 1. The van der Waals surface area contributed by atoms with Gasteiger partial charge in [0, 0.05) is 12.1 Å². The van der Waals surface area contributed by atoms with Gasteiger partial charge >= 0.3 is 0 Å². The molecule has 0 radical (unpaired) electrons. The quantitative estimate of drug-likeness (QED) is 0.809. The summed E-state index contributed by atoms with van der Waals surface area (Å²) in [4.78, 5) is 14.1. The number of carbonyl (C=O) groups is 1. The third-order valence-electron chi connectivity index (χ3n) is 4.05. The molecule has 0 unspecified atom stereocenters. The number of hydrogen-bond donors (Lipinski definition) is 2. The minimum atomic E-state index is 0. The largest absolute Gasteiger partial charge is 0.352 e. The van der Waals surface area contributed by atoms with Crippen molar-refractivity contribution in [2.75, 3.05) is 26.7 Å². The maximum absolute atomic E-state index is 11.9. The molecular weight excluding hydrogens is 250 g/mol. The van der Waals surface area contributed by atoms with Gasteiger partial charge < -0.3 is 10.6 Å². The van der Waals surface area contributed by atoms with Gasteiger partial charge in [-0.3, -0.25) is 9.69 Å². The molecule has 1 heterocycles. The number of nitrogens with zero attached hydrogens (tertiary/aromatic N) is 1. The Morgan fingerprint density at radius 3 is 2.44 bits per heavy atom. The van der Waals surface area contributed by atoms with Gasteiger partial charge in [-0.2, -0.15) is 0 Å². The van der Waals surface area contributed by atoms with E-state index in [4.69, 9.17) is 0 Å². The summed E-state index contributed by atoms with van der Waals surface area (Å²) in [6.07, 6.45) is 7.20. The highest BCUT2D eigenvalue weighted by atomic mass is 35.5. The van der Waals surface area contributed by atoms with Crippen molar-refractivity contribution < 1.29 is 4.79 Å². The third-order valence-corrected chi connectivity index (χ3v) is 4.05. The van der Waals surface area contributed by atoms with E-state index in [2.05, 4.69) is 22.6 Å². The topological polar surface area (TPSA) is 44.4 Å². The Kier molecular flexibility index (Phi) is 6.97. The molecule has 5 heteroatoms. The molecule has 0 aromatic heterocycles. The first-order valence-electron chi connectivity index (χ1n) is 6.96. The highest BCUT2D eigenvalue weighted by Gasteiger charge is 2.21. The lowest BCUT2D eigenvalue weighted by Gasteiger charge is -2.31. The minimum Gasteiger partial charge on any atom is -0.352 e. The Hall–Kier alpha value is -0.320. The van der Waals surface area contributed by atoms with Crippen molar-refractivity contribution in [3.63, 3.8) is 0 Å². The van der Waals surface area contributed by atoms with E-state index in [9.17, 15) is 4.79 Å². The van der Waals surface area contributed by atoms with Crippen LogP contribution in [-0.4, -0.2) is 49.6 Å². The maximum Gasteiger partial charge on any atom is 0.234 e. The van der Waals surface area contributed by atoms with Gasteiger partial charge in [-0.25, -0.2) is 0 Å². The van der Waals surface area contributed by atoms with Crippen molar-refractivity contribution in [1.29, 1.82) is 0 Å². The van der Waals surface area contributed by atoms with Crippen LogP contribution in [0.5, 0.6) is 0 Å². The Labute approximate surface area is 116 Å². The van der Waals surface area contributed by atoms with Gasteiger partial charge in [0.25, 0.3) is 0 Å². The second-order valence-electron chi connectivity index (χ2n) is 5.45. The lowest BCUT2D eigenvalue weighted by atomic mass is 10.1. The fraction of sp³-hybridized carbons (Fsp3) is 0.923. The molecule has 0 aromatic carbocycles. The van der Waals surface area contributed by atoms with Crippen LogP contribution in [0.4, 0.5) is 0 Å². The molecule has 1 amide bonds. The summed E-state index contributed by atoms with van der Waals surface area (Å²) >= 11 is 0. The summed E-state index contributed by atoms with van der Waals surface area (Å²) < 4.78 is 0. The van der Waals surface area contributed by atoms with Crippen LogP contribution in [0.1, 0.15) is 38.5 Å². The fourth-order valence-corrected chi connectivity index (χ4v) is 2.95. The summed E-state index contributed by atoms with van der Waals surface area (Å²) in [5, 5.41) is 6.51. The lowest BCUT2D eigenvalue weighted by molar-refractivity contribution is -0.123. The number of hydrogen-bond acceptors (Lipinski definition) is 3. The number of likely N-dealkylation sites (N-methyl/N-ethyl adjacent to an activating group) is 1. The van der Waals surface area contributed by atoms with Crippen LogP contribution in [0.25, 0.3) is 0 Å². The van der Waals surface area contributed by atoms with Crippen LogP contribution in [0.15, 0.2) is 0 Å². The van der Waals surface area contributed by atoms with E-state index in [0.717, 1.165) is 25.9 Å². The Morgan fingerprint density at radius 2 is 1.83 bits per heavy atom. The Morgan fingerprint density at radius 1 is 1.22 bits per heavy atom. The van der Waals surface area contributed by atoms with E-state index in [0.29, 0.717) is 18.6 Å². The first-order chi connectivity index (χ1) is 8.25. The molecular formula is C13H26ClN3O. The average molecular weight is 276 g/mol. The molecule has 106 valence electrons. The summed E-state index contributed by atoms with van der Waals surface area (Å²) in [6, 6.07) is 1.02. The standard InChI is InChI=1S/C13H25N3O.ClH/c1-16(12-6-8-14-9-7-12)10-13(17)15-11-4-2-3-5-11;/h11-12,14H,2-10H2,1H3,(H,15,17);1H. The molecule has 0 atom stereocenters. The number of amides is 1. The molecule has 1 aliphatic carbocycles. The second kappa shape index (κ2) is 7.97. The van der Waals surface area contributed by atoms with E-state index >= 15 is 0 Å². The zero-order valence-corrected chi connectivity index (χ0v) is 12.1. The summed E-state index contributed by atoms with van der Waals surface area (Å²) in [7, 11) is 2.07. The van der Waals surface area contributed by atoms with E-state index in [1.807, 2.05) is 0 Å². The molecule has 1 aliphatic heterocycles. The molecule has 2 N–H and O–H groups in total. The lowest BCUT2D eigenvalue weighted by Crippen LogP contribution is -2.46. The maximum atomic E-state index is 11.9. The van der Waals surface area contributed by atoms with Crippen molar-refractivity contribution in [2.45, 2.75) is 50.6 Å². The van der Waals surface area contributed by atoms with Crippen molar-refractivity contribution in [2.24, 2.45) is 0 Å². The molecule has 0 spiro atoms. The smallest absolute Gasteiger partial charge is 0.234 e. The highest BCUT2D eigenvalue weighted by molar-refractivity contribution is 5.85. The third kappa shape index (κ3) is 4.75. The van der Waals surface area contributed by atoms with Gasteiger partial charge in [0.2, 0.25) is 5.91 Å². The van der Waals surface area contributed by atoms with Gasteiger partial charge in [0.05, 0.1) is 6.54 Å². The van der Waals surface area contributed by atoms with E-state index < -0.39 is 0 Å². The molecule has 0 bridgehead atoms. The summed E-state index contributed by atoms with van der Waals surface area (Å²) in [5.74, 6) is 0.206. The first kappa shape index (κ1) is 15.7. The molecule has 2 rings (SSSR count). The zero-order valence-electron chi connectivity index (χ0n) is 11.3. The van der Waals surface area contributed by atoms with E-state index in [-0.39, 0.29) is 18.3 Å². The summed E-state index contributed by atoms with van der Waals surface area (Å²) in [5.41, 5.74) is 0. The number of halogens is 1. The zero-order chi connectivity index (χ0) is 12.1. The number of carbonyl (C=O) groups excluding carboxylic acids is 1. The number of nitrogens with one attached hydrogen (secondary N) is 2. The van der Waals surface area contributed by atoms with E-state index in [1.165, 1.54) is 25.7 Å². The van der Waals surface area contributed by atoms with E-state index in [1.54, 1.807) is 0 Å². The molecule has 2 fully saturated rings. The fourth-order valence-electron chi connectivity index (χ4n) is 2.95. The van der Waals surface area contributed by atoms with Crippen molar-refractivity contribution in [3.8, 4) is 0 Å². The van der Waals surface area contributed by atoms with Gasteiger partial charge in [-0.05, 0) is 45.8 Å². The normalized spacial score (nSPS) is 21.9. The van der Waals surface area contributed by atoms with Crippen molar-refractivity contribution in [3.05, 3.63) is 0 Å². The van der Waals surface area contributed by atoms with Crippen molar-refractivity contribution >= 4 is 18.3 Å². The molecule has 2 aliphatic rings. The number of rotatable bonds is 4. The average Bonchev–Trinajstić information content (AvgIpc) is 2.82. The van der Waals surface area contributed by atoms with Crippen LogP contribution < -0.4 is 10.6 Å². The SMILES string of the molecule is CN(CC(=O)NC1CCCC1)C1CCNCC1.Cl. The molecule has 4 nitrogen and oxygen atoms in total. The first-order valence-corrected chi connectivity index (χ1v) is 6.96. The van der Waals surface area contributed by atoms with Crippen molar-refractivity contribution in [1.82, 2.24) is 15.5 Å². The molecule has 18 heavy (non-hydrogen) atoms. The van der Waals surface area contributed by atoms with Crippen LogP contribution in [-0.2, 0) is 4.79 Å².